The van der Waals surface area contributed by atoms with Gasteiger partial charge in [0.25, 0.3) is 0 Å². The molecule has 0 saturated heterocycles. The van der Waals surface area contributed by atoms with Gasteiger partial charge >= 0.3 is 0 Å². The molecule has 0 N–H and O–H groups in total. The Hall–Kier alpha value is -5.50. The molecule has 8 rings (SSSR count). The molecule has 40 heavy (non-hydrogen) atoms. The molecule has 8 heteroatoms. The molecule has 0 atom stereocenters. The molecule has 0 amide bonds. The highest BCUT2D eigenvalue weighted by Crippen LogP contribution is 2.42. The highest BCUT2D eigenvalue weighted by atomic mass is 16.3. The second kappa shape index (κ2) is 9.06. The van der Waals surface area contributed by atoms with Gasteiger partial charge in [0.15, 0.2) is 17.1 Å². The monoisotopic (exact) mass is 522 g/mol. The molecule has 3 aromatic carbocycles. The first-order chi connectivity index (χ1) is 19.8. The molecule has 8 nitrogen and oxygen atoms in total. The molecule has 0 aliphatic rings. The second-order valence-electron chi connectivity index (χ2n) is 9.61. The first-order valence-electron chi connectivity index (χ1n) is 13.1. The minimum atomic E-state index is 0.372. The molecule has 0 aliphatic carbocycles. The van der Waals surface area contributed by atoms with Crippen LogP contribution in [0, 0.1) is 0 Å². The SMILES string of the molecule is c1ccc(-c2c(-c3ccccc3)n(Cc3ccco3)c3ncn4nc(Cc5nc6ccccc6o5)nc4c23)cc1. The number of nitrogens with zero attached hydrogens (tertiary/aromatic N) is 6. The maximum atomic E-state index is 5.96. The quantitative estimate of drug-likeness (QED) is 0.239. The Morgan fingerprint density at radius 2 is 1.50 bits per heavy atom. The number of hydrogen-bond donors (Lipinski definition) is 0. The molecule has 0 aliphatic heterocycles. The first-order valence-corrected chi connectivity index (χ1v) is 13.1. The lowest BCUT2D eigenvalue weighted by molar-refractivity contribution is 0.497. The van der Waals surface area contributed by atoms with Gasteiger partial charge in [-0.25, -0.2) is 19.5 Å². The van der Waals surface area contributed by atoms with E-state index in [4.69, 9.17) is 23.9 Å². The molecule has 0 radical (unpaired) electrons. The third-order valence-electron chi connectivity index (χ3n) is 7.08. The van der Waals surface area contributed by atoms with Crippen molar-refractivity contribution in [3.05, 3.63) is 127 Å². The van der Waals surface area contributed by atoms with Crippen LogP contribution in [0.25, 0.3) is 50.2 Å². The summed E-state index contributed by atoms with van der Waals surface area (Å²) >= 11 is 0. The van der Waals surface area contributed by atoms with Gasteiger partial charge in [-0.2, -0.15) is 0 Å². The minimum absolute atomic E-state index is 0.372. The lowest BCUT2D eigenvalue weighted by Gasteiger charge is -2.11. The number of benzene rings is 3. The van der Waals surface area contributed by atoms with E-state index >= 15 is 0 Å². The molecule has 5 aromatic heterocycles. The van der Waals surface area contributed by atoms with Crippen molar-refractivity contribution in [1.82, 2.24) is 29.1 Å². The fourth-order valence-corrected chi connectivity index (χ4v) is 5.38. The second-order valence-corrected chi connectivity index (χ2v) is 9.61. The molecule has 0 unspecified atom stereocenters. The van der Waals surface area contributed by atoms with Crippen molar-refractivity contribution in [1.29, 1.82) is 0 Å². The summed E-state index contributed by atoms with van der Waals surface area (Å²) in [6.45, 7) is 0.521. The zero-order valence-corrected chi connectivity index (χ0v) is 21.3. The van der Waals surface area contributed by atoms with Crippen molar-refractivity contribution in [2.24, 2.45) is 0 Å². The predicted octanol–water partition coefficient (Wildman–Crippen LogP) is 6.79. The van der Waals surface area contributed by atoms with Gasteiger partial charge in [0.2, 0.25) is 5.89 Å². The van der Waals surface area contributed by atoms with E-state index in [1.54, 1.807) is 17.1 Å². The standard InChI is InChI=1S/C32H22N6O2/c1-3-10-21(11-4-1)28-29-31(37(19-23-14-9-17-39-23)30(28)22-12-5-2-6-13-22)33-20-38-32(29)35-26(36-38)18-27-34-24-15-7-8-16-25(24)40-27/h1-17,20H,18-19H2. The van der Waals surface area contributed by atoms with Crippen LogP contribution >= 0.6 is 0 Å². The van der Waals surface area contributed by atoms with Crippen molar-refractivity contribution >= 4 is 27.8 Å². The van der Waals surface area contributed by atoms with Gasteiger partial charge in [-0.1, -0.05) is 72.8 Å². The Morgan fingerprint density at radius 3 is 2.27 bits per heavy atom. The van der Waals surface area contributed by atoms with Crippen LogP contribution in [0.15, 0.2) is 118 Å². The molecular weight excluding hydrogens is 500 g/mol. The maximum absolute atomic E-state index is 5.96. The molecule has 5 heterocycles. The van der Waals surface area contributed by atoms with Gasteiger partial charge < -0.3 is 13.4 Å². The van der Waals surface area contributed by atoms with Crippen molar-refractivity contribution in [3.63, 3.8) is 0 Å². The van der Waals surface area contributed by atoms with E-state index in [0.717, 1.165) is 55.9 Å². The number of aromatic nitrogens is 6. The summed E-state index contributed by atoms with van der Waals surface area (Å²) in [4.78, 5) is 14.6. The summed E-state index contributed by atoms with van der Waals surface area (Å²) < 4.78 is 15.7. The fourth-order valence-electron chi connectivity index (χ4n) is 5.38. The van der Waals surface area contributed by atoms with E-state index in [1.165, 1.54) is 0 Å². The van der Waals surface area contributed by atoms with Crippen LogP contribution < -0.4 is 0 Å². The van der Waals surface area contributed by atoms with Crippen LogP contribution in [0.5, 0.6) is 0 Å². The third kappa shape index (κ3) is 3.69. The number of furan rings is 1. The molecule has 8 aromatic rings. The summed E-state index contributed by atoms with van der Waals surface area (Å²) in [6.07, 6.45) is 3.80. The van der Waals surface area contributed by atoms with Crippen LogP contribution in [0.1, 0.15) is 17.5 Å². The van der Waals surface area contributed by atoms with Gasteiger partial charge in [0, 0.05) is 5.56 Å². The zero-order valence-electron chi connectivity index (χ0n) is 21.3. The number of oxazole rings is 1. The number of fused-ring (bicyclic) bond motifs is 4. The highest BCUT2D eigenvalue weighted by molar-refractivity contribution is 6.09. The van der Waals surface area contributed by atoms with Crippen LogP contribution in [0.4, 0.5) is 0 Å². The van der Waals surface area contributed by atoms with Gasteiger partial charge in [0.1, 0.15) is 23.3 Å². The minimum Gasteiger partial charge on any atom is -0.467 e. The molecule has 192 valence electrons. The molecule has 0 fully saturated rings. The predicted molar refractivity (Wildman–Crippen MR) is 152 cm³/mol. The number of rotatable bonds is 6. The fraction of sp³-hybridized carbons (Fsp3) is 0.0625. The van der Waals surface area contributed by atoms with Crippen LogP contribution in [0.3, 0.4) is 0 Å². The van der Waals surface area contributed by atoms with Crippen LogP contribution in [0.2, 0.25) is 0 Å². The van der Waals surface area contributed by atoms with Gasteiger partial charge in [0.05, 0.1) is 30.3 Å². The van der Waals surface area contributed by atoms with E-state index in [-0.39, 0.29) is 0 Å². The third-order valence-corrected chi connectivity index (χ3v) is 7.08. The molecule has 0 saturated carbocycles. The van der Waals surface area contributed by atoms with E-state index in [1.807, 2.05) is 48.5 Å². The summed E-state index contributed by atoms with van der Waals surface area (Å²) in [6, 6.07) is 32.4. The van der Waals surface area contributed by atoms with Gasteiger partial charge in [-0.15, -0.1) is 5.10 Å². The normalized spacial score (nSPS) is 11.7. The number of para-hydroxylation sites is 2. The summed E-state index contributed by atoms with van der Waals surface area (Å²) in [5.41, 5.74) is 7.35. The van der Waals surface area contributed by atoms with Crippen LogP contribution in [-0.4, -0.2) is 29.1 Å². The van der Waals surface area contributed by atoms with Crippen LogP contribution in [-0.2, 0) is 13.0 Å². The Kier molecular flexibility index (Phi) is 5.09. The molecule has 0 spiro atoms. The first kappa shape index (κ1) is 22.5. The summed E-state index contributed by atoms with van der Waals surface area (Å²) in [5.74, 6) is 2.03. The average Bonchev–Trinajstić information content (AvgIpc) is 3.79. The lowest BCUT2D eigenvalue weighted by Crippen LogP contribution is -2.03. The largest absolute Gasteiger partial charge is 0.467 e. The van der Waals surface area contributed by atoms with Gasteiger partial charge in [-0.3, -0.25) is 0 Å². The smallest absolute Gasteiger partial charge is 0.203 e. The van der Waals surface area contributed by atoms with Gasteiger partial charge in [-0.05, 0) is 35.4 Å². The van der Waals surface area contributed by atoms with Crippen molar-refractivity contribution in [3.8, 4) is 22.4 Å². The Bertz CT molecular complexity index is 2070. The van der Waals surface area contributed by atoms with Crippen molar-refractivity contribution in [2.75, 3.05) is 0 Å². The average molecular weight is 523 g/mol. The summed E-state index contributed by atoms with van der Waals surface area (Å²) in [5, 5.41) is 5.69. The lowest BCUT2D eigenvalue weighted by atomic mass is 9.99. The highest BCUT2D eigenvalue weighted by Gasteiger charge is 2.25. The number of hydrogen-bond acceptors (Lipinski definition) is 6. The van der Waals surface area contributed by atoms with E-state index in [2.05, 4.69) is 58.1 Å². The summed E-state index contributed by atoms with van der Waals surface area (Å²) in [7, 11) is 0. The van der Waals surface area contributed by atoms with E-state index in [9.17, 15) is 0 Å². The van der Waals surface area contributed by atoms with Crippen molar-refractivity contribution < 1.29 is 8.83 Å². The topological polar surface area (TPSA) is 87.2 Å². The molecule has 0 bridgehead atoms. The van der Waals surface area contributed by atoms with E-state index in [0.29, 0.717) is 24.7 Å². The Morgan fingerprint density at radius 1 is 0.725 bits per heavy atom. The van der Waals surface area contributed by atoms with Crippen molar-refractivity contribution in [2.45, 2.75) is 13.0 Å². The van der Waals surface area contributed by atoms with E-state index < -0.39 is 0 Å². The molecular formula is C32H22N6O2. The Balaban J connectivity index is 1.39. The zero-order chi connectivity index (χ0) is 26.5. The maximum Gasteiger partial charge on any atom is 0.203 e. The Labute approximate surface area is 228 Å².